The first kappa shape index (κ1) is 13.1. The smallest absolute Gasteiger partial charge is 0.327 e. The van der Waals surface area contributed by atoms with Gasteiger partial charge in [0.25, 0.3) is 0 Å². The molecule has 0 spiro atoms. The molecule has 5 heteroatoms. The van der Waals surface area contributed by atoms with Crippen LogP contribution in [0.5, 0.6) is 0 Å². The van der Waals surface area contributed by atoms with Gasteiger partial charge in [0.05, 0.1) is 11.3 Å². The molecule has 1 fully saturated rings. The summed E-state index contributed by atoms with van der Waals surface area (Å²) in [5, 5.41) is 0. The van der Waals surface area contributed by atoms with Crippen molar-refractivity contribution in [1.82, 2.24) is 4.98 Å². The van der Waals surface area contributed by atoms with Gasteiger partial charge in [0, 0.05) is 23.7 Å². The van der Waals surface area contributed by atoms with Crippen LogP contribution in [-0.2, 0) is 6.18 Å². The number of aromatic nitrogens is 1. The van der Waals surface area contributed by atoms with Gasteiger partial charge in [0.1, 0.15) is 0 Å². The minimum atomic E-state index is -4.34. The van der Waals surface area contributed by atoms with E-state index >= 15 is 0 Å². The third kappa shape index (κ3) is 2.54. The lowest BCUT2D eigenvalue weighted by Gasteiger charge is -2.08. The normalized spacial score (nSPS) is 21.8. The fourth-order valence-corrected chi connectivity index (χ4v) is 2.25. The average Bonchev–Trinajstić information content (AvgIpc) is 3.15. The summed E-state index contributed by atoms with van der Waals surface area (Å²) in [6.07, 6.45) is -1.69. The SMILES string of the molecule is NC1CC1c1ccc(-c2cccc(C(F)(F)F)c2)nc1. The van der Waals surface area contributed by atoms with Crippen LogP contribution in [-0.4, -0.2) is 11.0 Å². The lowest BCUT2D eigenvalue weighted by molar-refractivity contribution is -0.137. The maximum atomic E-state index is 12.7. The first-order valence-corrected chi connectivity index (χ1v) is 6.34. The molecule has 1 aromatic heterocycles. The summed E-state index contributed by atoms with van der Waals surface area (Å²) in [5.41, 5.74) is 7.15. The van der Waals surface area contributed by atoms with Gasteiger partial charge in [-0.05, 0) is 30.2 Å². The Morgan fingerprint density at radius 1 is 1.15 bits per heavy atom. The number of halogens is 3. The third-order valence-corrected chi connectivity index (χ3v) is 3.54. The minimum absolute atomic E-state index is 0.191. The predicted octanol–water partition coefficient (Wildman–Crippen LogP) is 3.58. The van der Waals surface area contributed by atoms with E-state index in [1.807, 2.05) is 6.07 Å². The highest BCUT2D eigenvalue weighted by molar-refractivity contribution is 5.60. The molecular weight excluding hydrogens is 265 g/mol. The summed E-state index contributed by atoms with van der Waals surface area (Å²) in [4.78, 5) is 4.24. The number of hydrogen-bond acceptors (Lipinski definition) is 2. The van der Waals surface area contributed by atoms with E-state index in [1.54, 1.807) is 18.3 Å². The van der Waals surface area contributed by atoms with Gasteiger partial charge in [0.15, 0.2) is 0 Å². The van der Waals surface area contributed by atoms with Gasteiger partial charge >= 0.3 is 6.18 Å². The fraction of sp³-hybridized carbons (Fsp3) is 0.267. The molecule has 1 aliphatic rings. The van der Waals surface area contributed by atoms with Gasteiger partial charge in [-0.2, -0.15) is 13.2 Å². The molecule has 3 rings (SSSR count). The molecule has 2 atom stereocenters. The largest absolute Gasteiger partial charge is 0.416 e. The topological polar surface area (TPSA) is 38.9 Å². The molecule has 0 saturated heterocycles. The highest BCUT2D eigenvalue weighted by Crippen LogP contribution is 2.39. The summed E-state index contributed by atoms with van der Waals surface area (Å²) in [6, 6.07) is 9.02. The first-order valence-electron chi connectivity index (χ1n) is 6.34. The number of alkyl halides is 3. The van der Waals surface area contributed by atoms with Gasteiger partial charge in [-0.15, -0.1) is 0 Å². The monoisotopic (exact) mass is 278 g/mol. The Morgan fingerprint density at radius 2 is 1.90 bits per heavy atom. The van der Waals surface area contributed by atoms with Gasteiger partial charge in [-0.1, -0.05) is 18.2 Å². The van der Waals surface area contributed by atoms with Crippen molar-refractivity contribution in [2.24, 2.45) is 5.73 Å². The van der Waals surface area contributed by atoms with Crippen LogP contribution in [0.4, 0.5) is 13.2 Å². The quantitative estimate of drug-likeness (QED) is 0.911. The van der Waals surface area contributed by atoms with Crippen LogP contribution in [0.2, 0.25) is 0 Å². The van der Waals surface area contributed by atoms with Crippen LogP contribution < -0.4 is 5.73 Å². The Kier molecular flexibility index (Phi) is 3.01. The summed E-state index contributed by atoms with van der Waals surface area (Å²) in [5.74, 6) is 0.345. The Labute approximate surface area is 114 Å². The zero-order valence-electron chi connectivity index (χ0n) is 10.6. The van der Waals surface area contributed by atoms with Crippen molar-refractivity contribution in [1.29, 1.82) is 0 Å². The molecule has 2 unspecified atom stereocenters. The second kappa shape index (κ2) is 4.59. The Bertz CT molecular complexity index is 620. The molecule has 0 radical (unpaired) electrons. The van der Waals surface area contributed by atoms with E-state index in [0.717, 1.165) is 24.1 Å². The third-order valence-electron chi connectivity index (χ3n) is 3.54. The Morgan fingerprint density at radius 3 is 2.45 bits per heavy atom. The van der Waals surface area contributed by atoms with Crippen LogP contribution in [0, 0.1) is 0 Å². The van der Waals surface area contributed by atoms with Crippen molar-refractivity contribution in [3.05, 3.63) is 53.7 Å². The van der Waals surface area contributed by atoms with E-state index < -0.39 is 11.7 Å². The van der Waals surface area contributed by atoms with Crippen molar-refractivity contribution in [3.63, 3.8) is 0 Å². The van der Waals surface area contributed by atoms with Gasteiger partial charge in [-0.3, -0.25) is 4.98 Å². The van der Waals surface area contributed by atoms with Crippen molar-refractivity contribution in [2.45, 2.75) is 24.6 Å². The van der Waals surface area contributed by atoms with E-state index in [4.69, 9.17) is 5.73 Å². The number of pyridine rings is 1. The van der Waals surface area contributed by atoms with Crippen LogP contribution in [0.1, 0.15) is 23.5 Å². The maximum absolute atomic E-state index is 12.7. The number of rotatable bonds is 2. The molecule has 1 aliphatic carbocycles. The molecule has 2 N–H and O–H groups in total. The lowest BCUT2D eigenvalue weighted by atomic mass is 10.1. The standard InChI is InChI=1S/C15H13F3N2/c16-15(17,18)11-3-1-2-9(6-11)14-5-4-10(8-20-14)12-7-13(12)19/h1-6,8,12-13H,7,19H2. The molecule has 1 heterocycles. The van der Waals surface area contributed by atoms with Gasteiger partial charge in [0.2, 0.25) is 0 Å². The van der Waals surface area contributed by atoms with E-state index in [2.05, 4.69) is 4.98 Å². The minimum Gasteiger partial charge on any atom is -0.327 e. The van der Waals surface area contributed by atoms with E-state index in [9.17, 15) is 13.2 Å². The van der Waals surface area contributed by atoms with E-state index in [0.29, 0.717) is 17.2 Å². The van der Waals surface area contributed by atoms with Crippen LogP contribution in [0.3, 0.4) is 0 Å². The number of hydrogen-bond donors (Lipinski definition) is 1. The zero-order valence-corrected chi connectivity index (χ0v) is 10.6. The van der Waals surface area contributed by atoms with E-state index in [1.165, 1.54) is 6.07 Å². The lowest BCUT2D eigenvalue weighted by Crippen LogP contribution is -2.04. The van der Waals surface area contributed by atoms with Crippen molar-refractivity contribution < 1.29 is 13.2 Å². The molecule has 1 saturated carbocycles. The second-order valence-electron chi connectivity index (χ2n) is 5.06. The zero-order chi connectivity index (χ0) is 14.3. The highest BCUT2D eigenvalue weighted by Gasteiger charge is 2.35. The molecule has 2 aromatic rings. The summed E-state index contributed by atoms with van der Waals surface area (Å²) >= 11 is 0. The van der Waals surface area contributed by atoms with Gasteiger partial charge < -0.3 is 5.73 Å². The second-order valence-corrected chi connectivity index (χ2v) is 5.06. The Hall–Kier alpha value is -1.88. The van der Waals surface area contributed by atoms with Crippen LogP contribution in [0.15, 0.2) is 42.6 Å². The summed E-state index contributed by atoms with van der Waals surface area (Å²) in [7, 11) is 0. The van der Waals surface area contributed by atoms with E-state index in [-0.39, 0.29) is 6.04 Å². The first-order chi connectivity index (χ1) is 9.45. The average molecular weight is 278 g/mol. The summed E-state index contributed by atoms with van der Waals surface area (Å²) in [6.45, 7) is 0. The fourth-order valence-electron chi connectivity index (χ4n) is 2.25. The van der Waals surface area contributed by atoms with Crippen LogP contribution >= 0.6 is 0 Å². The van der Waals surface area contributed by atoms with Crippen molar-refractivity contribution in [2.75, 3.05) is 0 Å². The molecule has 0 bridgehead atoms. The molecule has 20 heavy (non-hydrogen) atoms. The molecular formula is C15H13F3N2. The molecule has 2 nitrogen and oxygen atoms in total. The molecule has 0 aliphatic heterocycles. The number of nitrogens with zero attached hydrogens (tertiary/aromatic N) is 1. The van der Waals surface area contributed by atoms with Crippen molar-refractivity contribution in [3.8, 4) is 11.3 Å². The molecule has 104 valence electrons. The highest BCUT2D eigenvalue weighted by atomic mass is 19.4. The maximum Gasteiger partial charge on any atom is 0.416 e. The predicted molar refractivity (Wildman–Crippen MR) is 70.0 cm³/mol. The van der Waals surface area contributed by atoms with Crippen LogP contribution in [0.25, 0.3) is 11.3 Å². The summed E-state index contributed by atoms with van der Waals surface area (Å²) < 4.78 is 38.0. The Balaban J connectivity index is 1.89. The molecule has 0 amide bonds. The number of benzene rings is 1. The molecule has 1 aromatic carbocycles. The number of nitrogens with two attached hydrogens (primary N) is 1. The van der Waals surface area contributed by atoms with Gasteiger partial charge in [-0.25, -0.2) is 0 Å². The van der Waals surface area contributed by atoms with Crippen molar-refractivity contribution >= 4 is 0 Å².